The van der Waals surface area contributed by atoms with Gasteiger partial charge in [0.05, 0.1) is 11.2 Å². The van der Waals surface area contributed by atoms with E-state index in [1.165, 1.54) is 18.3 Å². The van der Waals surface area contributed by atoms with Gasteiger partial charge in [0.2, 0.25) is 0 Å². The number of halogens is 3. The summed E-state index contributed by atoms with van der Waals surface area (Å²) in [5.74, 6) is 0.396. The van der Waals surface area contributed by atoms with Crippen LogP contribution in [0.25, 0.3) is 0 Å². The second-order valence-electron chi connectivity index (χ2n) is 9.26. The van der Waals surface area contributed by atoms with Crippen molar-refractivity contribution in [2.24, 2.45) is 0 Å². The lowest BCUT2D eigenvalue weighted by atomic mass is 9.84. The summed E-state index contributed by atoms with van der Waals surface area (Å²) in [5, 5.41) is 21.9. The minimum Gasteiger partial charge on any atom is -0.490 e. The van der Waals surface area contributed by atoms with Crippen LogP contribution in [0.5, 0.6) is 11.8 Å². The summed E-state index contributed by atoms with van der Waals surface area (Å²) < 4.78 is 51.7. The van der Waals surface area contributed by atoms with Crippen molar-refractivity contribution >= 4 is 11.5 Å². The number of hydrogen-bond donors (Lipinski definition) is 1. The smallest absolute Gasteiger partial charge is 0.416 e. The quantitative estimate of drug-likeness (QED) is 0.378. The predicted octanol–water partition coefficient (Wildman–Crippen LogP) is 4.53. The lowest BCUT2D eigenvalue weighted by molar-refractivity contribution is -0.389. The summed E-state index contributed by atoms with van der Waals surface area (Å²) in [4.78, 5) is 16.3. The average Bonchev–Trinajstić information content (AvgIpc) is 3.32. The van der Waals surface area contributed by atoms with Crippen molar-refractivity contribution in [3.8, 4) is 11.8 Å². The van der Waals surface area contributed by atoms with Gasteiger partial charge in [-0.25, -0.2) is 0 Å². The fourth-order valence-electron chi connectivity index (χ4n) is 4.67. The van der Waals surface area contributed by atoms with Gasteiger partial charge in [0.25, 0.3) is 0 Å². The van der Waals surface area contributed by atoms with E-state index in [1.807, 2.05) is 24.3 Å². The molecule has 5 rings (SSSR count). The topological polar surface area (TPSA) is 103 Å². The van der Waals surface area contributed by atoms with Crippen LogP contribution in [0.1, 0.15) is 30.4 Å². The molecule has 1 fully saturated rings. The van der Waals surface area contributed by atoms with Gasteiger partial charge in [-0.1, -0.05) is 12.1 Å². The highest BCUT2D eigenvalue weighted by molar-refractivity contribution is 5.50. The van der Waals surface area contributed by atoms with Crippen LogP contribution in [0, 0.1) is 10.1 Å². The number of ether oxygens (including phenoxy) is 2. The van der Waals surface area contributed by atoms with Crippen LogP contribution in [0.15, 0.2) is 54.7 Å². The maximum atomic E-state index is 12.8. The number of aromatic nitrogens is 2. The van der Waals surface area contributed by atoms with Gasteiger partial charge in [-0.15, -0.1) is 0 Å². The Bertz CT molecular complexity index is 1250. The second kappa shape index (κ2) is 9.58. The Morgan fingerprint density at radius 2 is 1.78 bits per heavy atom. The SMILES string of the molecule is O=[N+]([O-])c1cn2c(n1)OC(COc1ccc(N3CCC(O)(c4ccc(C(F)(F)F)cc4)CC3)cc1)CC2. The van der Waals surface area contributed by atoms with Crippen LogP contribution in [0.2, 0.25) is 0 Å². The summed E-state index contributed by atoms with van der Waals surface area (Å²) >= 11 is 0. The number of nitro groups is 1. The average molecular weight is 518 g/mol. The number of benzene rings is 2. The molecule has 0 bridgehead atoms. The molecule has 0 saturated carbocycles. The predicted molar refractivity (Wildman–Crippen MR) is 127 cm³/mol. The molecule has 37 heavy (non-hydrogen) atoms. The number of fused-ring (bicyclic) bond motifs is 1. The summed E-state index contributed by atoms with van der Waals surface area (Å²) in [6.07, 6.45) is -1.91. The van der Waals surface area contributed by atoms with Crippen molar-refractivity contribution in [1.82, 2.24) is 9.55 Å². The standard InChI is InChI=1S/C25H25F3N4O5/c26-25(27,28)18-3-1-17(2-4-18)24(33)10-13-30(14-11-24)19-5-7-20(8-6-19)36-16-21-9-12-31-15-22(32(34)35)29-23(31)37-21/h1-8,15,21,33H,9-14,16H2. The number of rotatable bonds is 6. The molecule has 1 N–H and O–H groups in total. The van der Waals surface area contributed by atoms with Gasteiger partial charge in [-0.05, 0) is 59.7 Å². The number of aliphatic hydroxyl groups is 1. The Kier molecular flexibility index (Phi) is 6.44. The van der Waals surface area contributed by atoms with Gasteiger partial charge < -0.3 is 29.6 Å². The molecule has 1 unspecified atom stereocenters. The lowest BCUT2D eigenvalue weighted by Gasteiger charge is -2.39. The number of hydrogen-bond acceptors (Lipinski definition) is 7. The third kappa shape index (κ3) is 5.33. The van der Waals surface area contributed by atoms with Crippen molar-refractivity contribution < 1.29 is 32.7 Å². The Labute approximate surface area is 210 Å². The monoisotopic (exact) mass is 518 g/mol. The zero-order valence-electron chi connectivity index (χ0n) is 19.7. The normalized spacial score (nSPS) is 19.1. The first-order chi connectivity index (χ1) is 17.6. The van der Waals surface area contributed by atoms with E-state index in [-0.39, 0.29) is 24.5 Å². The van der Waals surface area contributed by atoms with Gasteiger partial charge in [0, 0.05) is 36.7 Å². The summed E-state index contributed by atoms with van der Waals surface area (Å²) in [6, 6.07) is 12.4. The summed E-state index contributed by atoms with van der Waals surface area (Å²) in [5.41, 5.74) is -0.459. The largest absolute Gasteiger partial charge is 0.490 e. The Hall–Kier alpha value is -3.80. The first-order valence-electron chi connectivity index (χ1n) is 11.9. The molecule has 1 aromatic heterocycles. The molecule has 0 amide bonds. The number of anilines is 1. The van der Waals surface area contributed by atoms with Crippen molar-refractivity contribution in [1.29, 1.82) is 0 Å². The summed E-state index contributed by atoms with van der Waals surface area (Å²) in [7, 11) is 0. The van der Waals surface area contributed by atoms with Gasteiger partial charge in [-0.2, -0.15) is 13.2 Å². The molecular formula is C25H25F3N4O5. The van der Waals surface area contributed by atoms with Crippen LogP contribution in [-0.2, 0) is 18.3 Å². The molecule has 2 aliphatic rings. The molecule has 3 heterocycles. The third-order valence-electron chi connectivity index (χ3n) is 6.86. The van der Waals surface area contributed by atoms with Gasteiger partial charge in [0.1, 0.15) is 24.7 Å². The molecule has 2 aliphatic heterocycles. The fourth-order valence-corrected chi connectivity index (χ4v) is 4.67. The number of imidazole rings is 1. The van der Waals surface area contributed by atoms with E-state index < -0.39 is 22.3 Å². The molecule has 196 valence electrons. The third-order valence-corrected chi connectivity index (χ3v) is 6.86. The highest BCUT2D eigenvalue weighted by Crippen LogP contribution is 2.37. The zero-order chi connectivity index (χ0) is 26.2. The molecular weight excluding hydrogens is 493 g/mol. The molecule has 1 saturated heterocycles. The van der Waals surface area contributed by atoms with Crippen molar-refractivity contribution in [3.05, 3.63) is 76.0 Å². The van der Waals surface area contributed by atoms with Gasteiger partial charge in [0.15, 0.2) is 0 Å². The zero-order valence-corrected chi connectivity index (χ0v) is 19.7. The van der Waals surface area contributed by atoms with E-state index >= 15 is 0 Å². The molecule has 1 atom stereocenters. The summed E-state index contributed by atoms with van der Waals surface area (Å²) in [6.45, 7) is 1.92. The van der Waals surface area contributed by atoms with E-state index in [0.717, 1.165) is 17.8 Å². The van der Waals surface area contributed by atoms with E-state index in [1.54, 1.807) is 4.57 Å². The highest BCUT2D eigenvalue weighted by Gasteiger charge is 2.36. The molecule has 12 heteroatoms. The highest BCUT2D eigenvalue weighted by atomic mass is 19.4. The van der Waals surface area contributed by atoms with Crippen LogP contribution in [0.3, 0.4) is 0 Å². The molecule has 2 aromatic carbocycles. The van der Waals surface area contributed by atoms with Crippen LogP contribution >= 0.6 is 0 Å². The van der Waals surface area contributed by atoms with Gasteiger partial charge in [-0.3, -0.25) is 4.57 Å². The number of piperidine rings is 1. The Morgan fingerprint density at radius 3 is 2.41 bits per heavy atom. The fraction of sp³-hybridized carbons (Fsp3) is 0.400. The molecule has 0 radical (unpaired) electrons. The van der Waals surface area contributed by atoms with E-state index in [4.69, 9.17) is 9.47 Å². The number of nitrogens with zero attached hydrogens (tertiary/aromatic N) is 4. The molecule has 3 aromatic rings. The molecule has 0 spiro atoms. The maximum absolute atomic E-state index is 12.8. The van der Waals surface area contributed by atoms with E-state index in [0.29, 0.717) is 50.2 Å². The minimum absolute atomic E-state index is 0.211. The van der Waals surface area contributed by atoms with Crippen molar-refractivity contribution in [2.75, 3.05) is 24.6 Å². The number of alkyl halides is 3. The van der Waals surface area contributed by atoms with Crippen LogP contribution in [0.4, 0.5) is 24.7 Å². The Balaban J connectivity index is 1.13. The van der Waals surface area contributed by atoms with Crippen LogP contribution in [-0.4, -0.2) is 45.4 Å². The Morgan fingerprint density at radius 1 is 1.11 bits per heavy atom. The minimum atomic E-state index is -4.41. The molecule has 0 aliphatic carbocycles. The molecule has 9 nitrogen and oxygen atoms in total. The second-order valence-corrected chi connectivity index (χ2v) is 9.26. The van der Waals surface area contributed by atoms with Crippen LogP contribution < -0.4 is 14.4 Å². The van der Waals surface area contributed by atoms with E-state index in [2.05, 4.69) is 9.88 Å². The van der Waals surface area contributed by atoms with Crippen molar-refractivity contribution in [2.45, 2.75) is 43.7 Å². The van der Waals surface area contributed by atoms with Gasteiger partial charge >= 0.3 is 18.0 Å². The lowest BCUT2D eigenvalue weighted by Crippen LogP contribution is -2.42. The van der Waals surface area contributed by atoms with Crippen molar-refractivity contribution in [3.63, 3.8) is 0 Å². The maximum Gasteiger partial charge on any atom is 0.416 e. The first-order valence-corrected chi connectivity index (χ1v) is 11.9. The number of aryl methyl sites for hydroxylation is 1. The van der Waals surface area contributed by atoms with E-state index in [9.17, 15) is 28.4 Å². The first kappa shape index (κ1) is 24.9.